The predicted molar refractivity (Wildman–Crippen MR) is 86.0 cm³/mol. The molecule has 5 nitrogen and oxygen atoms in total. The molecule has 0 fully saturated rings. The van der Waals surface area contributed by atoms with Gasteiger partial charge in [-0.15, -0.1) is 0 Å². The molecule has 0 atom stereocenters. The van der Waals surface area contributed by atoms with Crippen molar-refractivity contribution in [2.75, 3.05) is 6.26 Å². The Kier molecular flexibility index (Phi) is 3.80. The first-order chi connectivity index (χ1) is 11.0. The average molecular weight is 326 g/mol. The number of rotatable bonds is 4. The minimum absolute atomic E-state index is 0.239. The fourth-order valence-corrected chi connectivity index (χ4v) is 2.99. The van der Waals surface area contributed by atoms with E-state index >= 15 is 0 Å². The van der Waals surface area contributed by atoms with Crippen molar-refractivity contribution in [1.29, 1.82) is 5.26 Å². The van der Waals surface area contributed by atoms with Crippen LogP contribution in [0, 0.1) is 11.3 Å². The van der Waals surface area contributed by atoms with Crippen LogP contribution in [0.2, 0.25) is 0 Å². The van der Waals surface area contributed by atoms with Gasteiger partial charge in [0.05, 0.1) is 16.0 Å². The summed E-state index contributed by atoms with van der Waals surface area (Å²) in [4.78, 5) is 0.247. The van der Waals surface area contributed by atoms with Crippen molar-refractivity contribution < 1.29 is 13.2 Å². The summed E-state index contributed by atoms with van der Waals surface area (Å²) in [5, 5.41) is 9.34. The second-order valence-electron chi connectivity index (χ2n) is 5.17. The Morgan fingerprint density at radius 2 is 1.91 bits per heavy atom. The summed E-state index contributed by atoms with van der Waals surface area (Å²) in [5.74, 6) is 0.552. The van der Waals surface area contributed by atoms with Crippen molar-refractivity contribution in [2.45, 2.75) is 11.5 Å². The van der Waals surface area contributed by atoms with Gasteiger partial charge >= 0.3 is 0 Å². The molecule has 23 heavy (non-hydrogen) atoms. The van der Waals surface area contributed by atoms with Gasteiger partial charge in [0, 0.05) is 24.2 Å². The van der Waals surface area contributed by atoms with Crippen LogP contribution in [-0.4, -0.2) is 19.1 Å². The summed E-state index contributed by atoms with van der Waals surface area (Å²) in [7, 11) is -3.22. The third-order valence-electron chi connectivity index (χ3n) is 3.52. The maximum absolute atomic E-state index is 11.4. The molecule has 6 heteroatoms. The summed E-state index contributed by atoms with van der Waals surface area (Å²) in [6.07, 6.45) is 4.90. The lowest BCUT2D eigenvalue weighted by atomic mass is 10.2. The molecule has 0 unspecified atom stereocenters. The van der Waals surface area contributed by atoms with Gasteiger partial charge in [-0.25, -0.2) is 8.42 Å². The zero-order valence-corrected chi connectivity index (χ0v) is 13.2. The number of sulfone groups is 1. The Bertz CT molecular complexity index is 996. The number of ether oxygens (including phenoxy) is 1. The molecule has 0 radical (unpaired) electrons. The topological polar surface area (TPSA) is 71.6 Å². The van der Waals surface area contributed by atoms with Crippen molar-refractivity contribution in [3.8, 4) is 11.8 Å². The number of pyridine rings is 1. The van der Waals surface area contributed by atoms with Gasteiger partial charge in [-0.1, -0.05) is 6.07 Å². The molecule has 3 rings (SSSR count). The SMILES string of the molecule is CS(=O)(=O)c1ccc(OCc2cn3ccccc3c2C#N)cc1. The van der Waals surface area contributed by atoms with E-state index in [9.17, 15) is 13.7 Å². The molecule has 2 aromatic heterocycles. The van der Waals surface area contributed by atoms with Crippen LogP contribution in [0.15, 0.2) is 59.8 Å². The van der Waals surface area contributed by atoms with Crippen molar-refractivity contribution >= 4 is 15.4 Å². The van der Waals surface area contributed by atoms with Crippen molar-refractivity contribution in [3.63, 3.8) is 0 Å². The number of aromatic nitrogens is 1. The normalized spacial score (nSPS) is 11.3. The van der Waals surface area contributed by atoms with Gasteiger partial charge in [-0.3, -0.25) is 0 Å². The van der Waals surface area contributed by atoms with Crippen molar-refractivity contribution in [3.05, 3.63) is 66.0 Å². The molecule has 0 aliphatic rings. The van der Waals surface area contributed by atoms with Crippen LogP contribution in [0.3, 0.4) is 0 Å². The van der Waals surface area contributed by atoms with Crippen LogP contribution >= 0.6 is 0 Å². The monoisotopic (exact) mass is 326 g/mol. The van der Waals surface area contributed by atoms with Crippen LogP contribution in [-0.2, 0) is 16.4 Å². The highest BCUT2D eigenvalue weighted by Crippen LogP contribution is 2.21. The number of hydrogen-bond donors (Lipinski definition) is 0. The molecular weight excluding hydrogens is 312 g/mol. The molecule has 0 saturated carbocycles. The lowest BCUT2D eigenvalue weighted by Gasteiger charge is -2.06. The zero-order chi connectivity index (χ0) is 16.4. The summed E-state index contributed by atoms with van der Waals surface area (Å²) < 4.78 is 30.4. The number of nitriles is 1. The fourth-order valence-electron chi connectivity index (χ4n) is 2.36. The van der Waals surface area contributed by atoms with Gasteiger partial charge in [-0.2, -0.15) is 5.26 Å². The van der Waals surface area contributed by atoms with Crippen LogP contribution in [0.1, 0.15) is 11.1 Å². The minimum atomic E-state index is -3.22. The van der Waals surface area contributed by atoms with E-state index in [4.69, 9.17) is 4.74 Å². The van der Waals surface area contributed by atoms with E-state index in [0.29, 0.717) is 11.3 Å². The number of hydrogen-bond acceptors (Lipinski definition) is 4. The van der Waals surface area contributed by atoms with Gasteiger partial charge in [0.15, 0.2) is 9.84 Å². The molecule has 1 aromatic carbocycles. The third-order valence-corrected chi connectivity index (χ3v) is 4.65. The van der Waals surface area contributed by atoms with Crippen molar-refractivity contribution in [1.82, 2.24) is 4.40 Å². The maximum Gasteiger partial charge on any atom is 0.175 e. The Labute approximate surface area is 134 Å². The number of nitrogens with zero attached hydrogens (tertiary/aromatic N) is 2. The highest BCUT2D eigenvalue weighted by molar-refractivity contribution is 7.90. The molecule has 0 N–H and O–H groups in total. The smallest absolute Gasteiger partial charge is 0.175 e. The van der Waals surface area contributed by atoms with Crippen LogP contribution in [0.25, 0.3) is 5.52 Å². The third kappa shape index (κ3) is 3.05. The maximum atomic E-state index is 11.4. The number of benzene rings is 1. The van der Waals surface area contributed by atoms with E-state index in [1.165, 1.54) is 12.1 Å². The lowest BCUT2D eigenvalue weighted by Crippen LogP contribution is -1.98. The minimum Gasteiger partial charge on any atom is -0.489 e. The van der Waals surface area contributed by atoms with Crippen LogP contribution < -0.4 is 4.74 Å². The second-order valence-corrected chi connectivity index (χ2v) is 7.18. The molecule has 116 valence electrons. The molecule has 3 aromatic rings. The average Bonchev–Trinajstić information content (AvgIpc) is 2.90. The largest absolute Gasteiger partial charge is 0.489 e. The molecule has 0 aliphatic heterocycles. The summed E-state index contributed by atoms with van der Waals surface area (Å²) in [6.45, 7) is 0.239. The van der Waals surface area contributed by atoms with E-state index in [1.807, 2.05) is 35.0 Å². The quantitative estimate of drug-likeness (QED) is 0.739. The van der Waals surface area contributed by atoms with Gasteiger partial charge in [-0.05, 0) is 36.4 Å². The molecule has 0 amide bonds. The Balaban J connectivity index is 1.82. The van der Waals surface area contributed by atoms with E-state index < -0.39 is 9.84 Å². The first kappa shape index (κ1) is 15.1. The lowest BCUT2D eigenvalue weighted by molar-refractivity contribution is 0.306. The summed E-state index contributed by atoms with van der Waals surface area (Å²) >= 11 is 0. The molecular formula is C17H14N2O3S. The Morgan fingerprint density at radius 1 is 1.17 bits per heavy atom. The van der Waals surface area contributed by atoms with Gasteiger partial charge in [0.1, 0.15) is 18.4 Å². The van der Waals surface area contributed by atoms with E-state index in [0.717, 1.165) is 17.3 Å². The molecule has 2 heterocycles. The van der Waals surface area contributed by atoms with Gasteiger partial charge < -0.3 is 9.14 Å². The first-order valence-electron chi connectivity index (χ1n) is 6.90. The number of fused-ring (bicyclic) bond motifs is 1. The first-order valence-corrected chi connectivity index (χ1v) is 8.80. The van der Waals surface area contributed by atoms with E-state index in [2.05, 4.69) is 6.07 Å². The van der Waals surface area contributed by atoms with Gasteiger partial charge in [0.25, 0.3) is 0 Å². The van der Waals surface area contributed by atoms with Crippen LogP contribution in [0.5, 0.6) is 5.75 Å². The Morgan fingerprint density at radius 3 is 2.57 bits per heavy atom. The highest BCUT2D eigenvalue weighted by Gasteiger charge is 2.11. The van der Waals surface area contributed by atoms with Crippen molar-refractivity contribution in [2.24, 2.45) is 0 Å². The fraction of sp³-hybridized carbons (Fsp3) is 0.118. The summed E-state index contributed by atoms with van der Waals surface area (Å²) in [5.41, 5.74) is 2.20. The summed E-state index contributed by atoms with van der Waals surface area (Å²) in [6, 6.07) is 14.1. The standard InChI is InChI=1S/C17H14N2O3S/c1-23(20,21)15-7-5-14(6-8-15)22-12-13-11-19-9-3-2-4-17(19)16(13)10-18/h2-9,11H,12H2,1H3. The molecule has 0 saturated heterocycles. The zero-order valence-electron chi connectivity index (χ0n) is 12.4. The molecule has 0 aliphatic carbocycles. The second kappa shape index (κ2) is 5.78. The predicted octanol–water partition coefficient (Wildman–Crippen LogP) is 2.79. The highest BCUT2D eigenvalue weighted by atomic mass is 32.2. The van der Waals surface area contributed by atoms with E-state index in [-0.39, 0.29) is 11.5 Å². The van der Waals surface area contributed by atoms with Crippen LogP contribution in [0.4, 0.5) is 0 Å². The molecule has 0 bridgehead atoms. The van der Waals surface area contributed by atoms with Gasteiger partial charge in [0.2, 0.25) is 0 Å². The molecule has 0 spiro atoms. The van der Waals surface area contributed by atoms with E-state index in [1.54, 1.807) is 12.1 Å². The Hall–Kier alpha value is -2.78.